The first-order valence-electron chi connectivity index (χ1n) is 4.85. The van der Waals surface area contributed by atoms with Crippen LogP contribution in [0.5, 0.6) is 0 Å². The minimum atomic E-state index is 0.0998. The molecule has 4 heteroatoms. The summed E-state index contributed by atoms with van der Waals surface area (Å²) in [5.41, 5.74) is 0.793. The van der Waals surface area contributed by atoms with Crippen LogP contribution in [-0.4, -0.2) is 12.5 Å². The second-order valence-corrected chi connectivity index (χ2v) is 4.68. The third-order valence-electron chi connectivity index (χ3n) is 2.63. The van der Waals surface area contributed by atoms with Crippen LogP contribution in [0.15, 0.2) is 18.2 Å². The first-order valence-corrected chi connectivity index (χ1v) is 5.61. The Kier molecular flexibility index (Phi) is 2.89. The number of carbonyl (C=O) groups is 1. The van der Waals surface area contributed by atoms with Crippen molar-refractivity contribution in [1.29, 1.82) is 0 Å². The van der Waals surface area contributed by atoms with Gasteiger partial charge in [0, 0.05) is 28.2 Å². The van der Waals surface area contributed by atoms with Crippen molar-refractivity contribution in [2.24, 2.45) is 5.92 Å². The Morgan fingerprint density at radius 3 is 2.33 bits per heavy atom. The molecule has 1 heterocycles. The van der Waals surface area contributed by atoms with Crippen molar-refractivity contribution in [3.8, 4) is 0 Å². The average Bonchev–Trinajstić information content (AvgIpc) is 2.46. The predicted molar refractivity (Wildman–Crippen MR) is 62.6 cm³/mol. The van der Waals surface area contributed by atoms with Gasteiger partial charge >= 0.3 is 0 Å². The van der Waals surface area contributed by atoms with E-state index in [1.807, 2.05) is 6.92 Å². The van der Waals surface area contributed by atoms with E-state index in [2.05, 4.69) is 0 Å². The molecule has 1 aromatic rings. The number of benzene rings is 1. The molecule has 2 nitrogen and oxygen atoms in total. The van der Waals surface area contributed by atoms with Crippen molar-refractivity contribution in [2.45, 2.75) is 13.3 Å². The van der Waals surface area contributed by atoms with Crippen LogP contribution in [-0.2, 0) is 4.79 Å². The molecule has 0 spiro atoms. The Hall–Kier alpha value is -0.730. The second kappa shape index (κ2) is 4.03. The molecule has 1 amide bonds. The third kappa shape index (κ3) is 2.11. The number of rotatable bonds is 1. The standard InChI is InChI=1S/C11H11Cl2NO/c1-7-2-3-14(11(7)15)10-5-8(12)4-9(13)6-10/h4-7H,2-3H2,1H3. The SMILES string of the molecule is CC1CCN(c2cc(Cl)cc(Cl)c2)C1=O. The van der Waals surface area contributed by atoms with E-state index in [4.69, 9.17) is 23.2 Å². The lowest BCUT2D eigenvalue weighted by molar-refractivity contribution is -0.119. The van der Waals surface area contributed by atoms with E-state index >= 15 is 0 Å². The molecule has 0 saturated carbocycles. The highest BCUT2D eigenvalue weighted by molar-refractivity contribution is 6.35. The van der Waals surface area contributed by atoms with E-state index in [0.717, 1.165) is 18.7 Å². The molecule has 1 fully saturated rings. The lowest BCUT2D eigenvalue weighted by Gasteiger charge is -2.16. The summed E-state index contributed by atoms with van der Waals surface area (Å²) < 4.78 is 0. The summed E-state index contributed by atoms with van der Waals surface area (Å²) in [6.45, 7) is 2.69. The van der Waals surface area contributed by atoms with Crippen molar-refractivity contribution < 1.29 is 4.79 Å². The van der Waals surface area contributed by atoms with Gasteiger partial charge in [-0.15, -0.1) is 0 Å². The molecular formula is C11H11Cl2NO. The largest absolute Gasteiger partial charge is 0.312 e. The topological polar surface area (TPSA) is 20.3 Å². The maximum Gasteiger partial charge on any atom is 0.229 e. The van der Waals surface area contributed by atoms with E-state index in [1.54, 1.807) is 23.1 Å². The van der Waals surface area contributed by atoms with Crippen LogP contribution in [0, 0.1) is 5.92 Å². The zero-order valence-electron chi connectivity index (χ0n) is 8.34. The Morgan fingerprint density at radius 2 is 1.87 bits per heavy atom. The fourth-order valence-electron chi connectivity index (χ4n) is 1.77. The molecule has 2 rings (SSSR count). The van der Waals surface area contributed by atoms with Crippen molar-refractivity contribution in [1.82, 2.24) is 0 Å². The van der Waals surface area contributed by atoms with Gasteiger partial charge in [-0.25, -0.2) is 0 Å². The fourth-order valence-corrected chi connectivity index (χ4v) is 2.29. The van der Waals surface area contributed by atoms with E-state index in [0.29, 0.717) is 10.0 Å². The highest BCUT2D eigenvalue weighted by atomic mass is 35.5. The lowest BCUT2D eigenvalue weighted by atomic mass is 10.1. The molecule has 0 aliphatic carbocycles. The molecule has 15 heavy (non-hydrogen) atoms. The van der Waals surface area contributed by atoms with Crippen LogP contribution in [0.2, 0.25) is 10.0 Å². The molecule has 0 radical (unpaired) electrons. The smallest absolute Gasteiger partial charge is 0.229 e. The van der Waals surface area contributed by atoms with Gasteiger partial charge in [-0.1, -0.05) is 30.1 Å². The van der Waals surface area contributed by atoms with Gasteiger partial charge in [0.1, 0.15) is 0 Å². The first-order chi connectivity index (χ1) is 7.08. The van der Waals surface area contributed by atoms with E-state index in [1.165, 1.54) is 0 Å². The summed E-state index contributed by atoms with van der Waals surface area (Å²) in [6.07, 6.45) is 0.892. The van der Waals surface area contributed by atoms with E-state index in [9.17, 15) is 4.79 Å². The number of nitrogens with zero attached hydrogens (tertiary/aromatic N) is 1. The van der Waals surface area contributed by atoms with Gasteiger partial charge in [0.15, 0.2) is 0 Å². The molecule has 1 saturated heterocycles. The molecule has 1 aromatic carbocycles. The van der Waals surface area contributed by atoms with Crippen LogP contribution in [0.3, 0.4) is 0 Å². The van der Waals surface area contributed by atoms with Crippen molar-refractivity contribution >= 4 is 34.8 Å². The highest BCUT2D eigenvalue weighted by Crippen LogP contribution is 2.29. The molecule has 80 valence electrons. The summed E-state index contributed by atoms with van der Waals surface area (Å²) in [4.78, 5) is 13.5. The molecule has 1 atom stereocenters. The fraction of sp³-hybridized carbons (Fsp3) is 0.364. The molecule has 0 N–H and O–H groups in total. The monoisotopic (exact) mass is 243 g/mol. The maximum atomic E-state index is 11.8. The van der Waals surface area contributed by atoms with Crippen LogP contribution < -0.4 is 4.90 Å². The minimum absolute atomic E-state index is 0.0998. The van der Waals surface area contributed by atoms with Gasteiger partial charge in [0.25, 0.3) is 0 Å². The summed E-state index contributed by atoms with van der Waals surface area (Å²) >= 11 is 11.8. The summed E-state index contributed by atoms with van der Waals surface area (Å²) in [7, 11) is 0. The number of hydrogen-bond acceptors (Lipinski definition) is 1. The van der Waals surface area contributed by atoms with Gasteiger partial charge in [-0.05, 0) is 24.6 Å². The van der Waals surface area contributed by atoms with Crippen LogP contribution in [0.25, 0.3) is 0 Å². The number of halogens is 2. The highest BCUT2D eigenvalue weighted by Gasteiger charge is 2.29. The molecular weight excluding hydrogens is 233 g/mol. The lowest BCUT2D eigenvalue weighted by Crippen LogP contribution is -2.26. The number of hydrogen-bond donors (Lipinski definition) is 0. The van der Waals surface area contributed by atoms with Crippen molar-refractivity contribution in [3.63, 3.8) is 0 Å². The zero-order valence-corrected chi connectivity index (χ0v) is 9.85. The molecule has 0 bridgehead atoms. The van der Waals surface area contributed by atoms with Crippen LogP contribution in [0.1, 0.15) is 13.3 Å². The first kappa shape index (κ1) is 10.8. The molecule has 1 aliphatic heterocycles. The maximum absolute atomic E-state index is 11.8. The Balaban J connectivity index is 2.34. The molecule has 1 unspecified atom stereocenters. The predicted octanol–water partition coefficient (Wildman–Crippen LogP) is 3.37. The number of anilines is 1. The zero-order chi connectivity index (χ0) is 11.0. The summed E-state index contributed by atoms with van der Waals surface area (Å²) in [6, 6.07) is 5.20. The normalized spacial score (nSPS) is 21.1. The Labute approximate surface area is 98.8 Å². The van der Waals surface area contributed by atoms with E-state index < -0.39 is 0 Å². The van der Waals surface area contributed by atoms with Gasteiger partial charge < -0.3 is 4.90 Å². The van der Waals surface area contributed by atoms with Crippen molar-refractivity contribution in [2.75, 3.05) is 11.4 Å². The van der Waals surface area contributed by atoms with Gasteiger partial charge in [-0.3, -0.25) is 4.79 Å². The number of carbonyl (C=O) groups excluding carboxylic acids is 1. The summed E-state index contributed by atoms with van der Waals surface area (Å²) in [5, 5.41) is 1.12. The number of amides is 1. The van der Waals surface area contributed by atoms with E-state index in [-0.39, 0.29) is 11.8 Å². The second-order valence-electron chi connectivity index (χ2n) is 3.81. The molecule has 0 aromatic heterocycles. The van der Waals surface area contributed by atoms with Crippen LogP contribution in [0.4, 0.5) is 5.69 Å². The molecule has 1 aliphatic rings. The van der Waals surface area contributed by atoms with Crippen molar-refractivity contribution in [3.05, 3.63) is 28.2 Å². The third-order valence-corrected chi connectivity index (χ3v) is 3.07. The Bertz CT molecular complexity index is 385. The quantitative estimate of drug-likeness (QED) is 0.741. The van der Waals surface area contributed by atoms with Gasteiger partial charge in [0.2, 0.25) is 5.91 Å². The Morgan fingerprint density at radius 1 is 1.27 bits per heavy atom. The van der Waals surface area contributed by atoms with Crippen LogP contribution >= 0.6 is 23.2 Å². The summed E-state index contributed by atoms with van der Waals surface area (Å²) in [5.74, 6) is 0.246. The average molecular weight is 244 g/mol. The van der Waals surface area contributed by atoms with Gasteiger partial charge in [0.05, 0.1) is 0 Å². The van der Waals surface area contributed by atoms with Gasteiger partial charge in [-0.2, -0.15) is 0 Å². The minimum Gasteiger partial charge on any atom is -0.312 e.